The first-order chi connectivity index (χ1) is 22.7. The summed E-state index contributed by atoms with van der Waals surface area (Å²) >= 11 is 0. The highest BCUT2D eigenvalue weighted by Gasteiger charge is 2.29. The fourth-order valence-corrected chi connectivity index (χ4v) is 5.59. The van der Waals surface area contributed by atoms with Gasteiger partial charge in [0.2, 0.25) is 35.9 Å². The highest BCUT2D eigenvalue weighted by Crippen LogP contribution is 2.24. The van der Waals surface area contributed by atoms with Crippen molar-refractivity contribution in [3.63, 3.8) is 0 Å². The molecule has 1 aromatic carbocycles. The number of carbonyl (C=O) groups excluding carboxylic acids is 6. The molecular formula is C34H46N6O7. The zero-order valence-corrected chi connectivity index (χ0v) is 26.6. The Labute approximate surface area is 274 Å². The van der Waals surface area contributed by atoms with Crippen LogP contribution in [0.4, 0.5) is 0 Å². The van der Waals surface area contributed by atoms with Gasteiger partial charge in [0.1, 0.15) is 17.8 Å². The molecule has 13 heteroatoms. The number of unbranched alkanes of at least 4 members (excludes halogenated alkanes) is 1. The molecule has 254 valence electrons. The third-order valence-corrected chi connectivity index (χ3v) is 8.30. The van der Waals surface area contributed by atoms with Crippen LogP contribution in [0.5, 0.6) is 0 Å². The van der Waals surface area contributed by atoms with Gasteiger partial charge in [0.15, 0.2) is 0 Å². The predicted octanol–water partition coefficient (Wildman–Crippen LogP) is 1.30. The van der Waals surface area contributed by atoms with Crippen LogP contribution in [-0.2, 0) is 48.2 Å². The van der Waals surface area contributed by atoms with Crippen molar-refractivity contribution in [1.82, 2.24) is 26.6 Å². The van der Waals surface area contributed by atoms with Crippen LogP contribution in [0, 0.1) is 5.92 Å². The average molecular weight is 651 g/mol. The molecule has 0 unspecified atom stereocenters. The van der Waals surface area contributed by atoms with Gasteiger partial charge in [-0.1, -0.05) is 30.8 Å². The molecule has 1 aliphatic carbocycles. The second-order valence-electron chi connectivity index (χ2n) is 11.7. The number of amides is 6. The smallest absolute Gasteiger partial charge is 0.243 e. The Bertz CT molecular complexity index is 1350. The molecule has 1 aromatic heterocycles. The fraction of sp³-hybridized carbons (Fsp3) is 0.471. The first-order valence-corrected chi connectivity index (χ1v) is 16.1. The number of benzene rings is 1. The number of aryl methyl sites for hydroxylation is 1. The molecule has 1 fully saturated rings. The van der Waals surface area contributed by atoms with Gasteiger partial charge in [-0.15, -0.1) is 0 Å². The summed E-state index contributed by atoms with van der Waals surface area (Å²) in [5, 5.41) is 14.0. The molecule has 1 heterocycles. The molecule has 1 saturated carbocycles. The summed E-state index contributed by atoms with van der Waals surface area (Å²) in [6.07, 6.45) is 8.26. The van der Waals surface area contributed by atoms with Gasteiger partial charge in [0.25, 0.3) is 0 Å². The van der Waals surface area contributed by atoms with E-state index in [1.807, 2.05) is 6.07 Å². The first-order valence-electron chi connectivity index (χ1n) is 16.1. The molecule has 0 spiro atoms. The summed E-state index contributed by atoms with van der Waals surface area (Å²) in [7, 11) is 0. The molecule has 7 N–H and O–H groups in total. The molecule has 3 rings (SSSR count). The lowest BCUT2D eigenvalue weighted by Crippen LogP contribution is -2.49. The van der Waals surface area contributed by atoms with Crippen molar-refractivity contribution in [1.29, 1.82) is 0 Å². The van der Waals surface area contributed by atoms with Crippen molar-refractivity contribution in [3.05, 3.63) is 72.2 Å². The highest BCUT2D eigenvalue weighted by molar-refractivity contribution is 5.89. The number of rotatable bonds is 20. The maximum absolute atomic E-state index is 13.4. The summed E-state index contributed by atoms with van der Waals surface area (Å²) in [6, 6.07) is 9.11. The zero-order valence-electron chi connectivity index (χ0n) is 26.6. The van der Waals surface area contributed by atoms with Crippen LogP contribution >= 0.6 is 0 Å². The molecule has 6 amide bonds. The quantitative estimate of drug-likeness (QED) is 0.0704. The minimum Gasteiger partial charge on any atom is -0.469 e. The Hall–Kier alpha value is -4.94. The van der Waals surface area contributed by atoms with Crippen molar-refractivity contribution in [2.75, 3.05) is 6.54 Å². The van der Waals surface area contributed by atoms with E-state index >= 15 is 0 Å². The Morgan fingerprint density at radius 3 is 2.32 bits per heavy atom. The van der Waals surface area contributed by atoms with Gasteiger partial charge in [-0.2, -0.15) is 0 Å². The SMILES string of the molecule is C=CC(=O)NCCCC[C@H](NC(=O)Cc1ccccc1CNC(=O)[C@H](CCc1ccco1)NC(=O)C1CCC(NC=O)CC1)C(N)=O. The minimum absolute atomic E-state index is 0.0362. The van der Waals surface area contributed by atoms with Crippen LogP contribution in [0.1, 0.15) is 68.3 Å². The average Bonchev–Trinajstić information content (AvgIpc) is 3.59. The van der Waals surface area contributed by atoms with Crippen molar-refractivity contribution in [3.8, 4) is 0 Å². The number of carbonyl (C=O) groups is 6. The molecule has 0 radical (unpaired) electrons. The van der Waals surface area contributed by atoms with E-state index in [1.165, 1.54) is 6.08 Å². The number of furan rings is 1. The van der Waals surface area contributed by atoms with Crippen molar-refractivity contribution >= 4 is 35.9 Å². The third-order valence-electron chi connectivity index (χ3n) is 8.30. The Kier molecular flexibility index (Phi) is 15.2. The predicted molar refractivity (Wildman–Crippen MR) is 174 cm³/mol. The van der Waals surface area contributed by atoms with E-state index in [4.69, 9.17) is 10.2 Å². The standard InChI is InChI=1S/C34H46N6O7/c1-2-30(42)36-18-6-5-11-28(32(35)44)39-31(43)20-24-8-3-4-9-25(24)21-37-34(46)29(17-16-27-10-7-19-47-27)40-33(45)23-12-14-26(15-13-23)38-22-41/h2-4,7-10,19,22-23,26,28-29H,1,5-6,11-18,20-21H2,(H2,35,44)(H,36,42)(H,37,46)(H,38,41)(H,39,43)(H,40,45)/t23?,26?,28-,29-/m0/s1. The maximum Gasteiger partial charge on any atom is 0.243 e. The van der Waals surface area contributed by atoms with Crippen molar-refractivity contribution in [2.24, 2.45) is 11.7 Å². The topological polar surface area (TPSA) is 202 Å². The van der Waals surface area contributed by atoms with E-state index in [2.05, 4.69) is 33.2 Å². The van der Waals surface area contributed by atoms with Crippen LogP contribution in [0.3, 0.4) is 0 Å². The monoisotopic (exact) mass is 650 g/mol. The Morgan fingerprint density at radius 2 is 1.66 bits per heavy atom. The van der Waals surface area contributed by atoms with Gasteiger partial charge in [-0.3, -0.25) is 28.8 Å². The molecule has 0 bridgehead atoms. The van der Waals surface area contributed by atoms with E-state index in [9.17, 15) is 28.8 Å². The van der Waals surface area contributed by atoms with Crippen LogP contribution in [0.2, 0.25) is 0 Å². The number of hydrogen-bond acceptors (Lipinski definition) is 7. The Balaban J connectivity index is 1.56. The molecule has 2 aromatic rings. The molecule has 2 atom stereocenters. The fourth-order valence-electron chi connectivity index (χ4n) is 5.59. The summed E-state index contributed by atoms with van der Waals surface area (Å²) in [4.78, 5) is 73.5. The van der Waals surface area contributed by atoms with Crippen molar-refractivity contribution in [2.45, 2.75) is 88.9 Å². The van der Waals surface area contributed by atoms with Crippen LogP contribution in [0.15, 0.2) is 59.7 Å². The van der Waals surface area contributed by atoms with E-state index in [0.717, 1.165) is 0 Å². The van der Waals surface area contributed by atoms with Crippen LogP contribution in [-0.4, -0.2) is 60.6 Å². The second kappa shape index (κ2) is 19.5. The highest BCUT2D eigenvalue weighted by atomic mass is 16.3. The maximum atomic E-state index is 13.4. The Morgan fingerprint density at radius 1 is 0.915 bits per heavy atom. The second-order valence-corrected chi connectivity index (χ2v) is 11.7. The lowest BCUT2D eigenvalue weighted by molar-refractivity contribution is -0.132. The summed E-state index contributed by atoms with van der Waals surface area (Å²) in [5.74, 6) is -1.44. The minimum atomic E-state index is -0.862. The van der Waals surface area contributed by atoms with Crippen molar-refractivity contribution < 1.29 is 33.2 Å². The lowest BCUT2D eigenvalue weighted by Gasteiger charge is -2.28. The molecule has 0 aliphatic heterocycles. The van der Waals surface area contributed by atoms with Gasteiger partial charge >= 0.3 is 0 Å². The normalized spacial score (nSPS) is 16.9. The number of hydrogen-bond donors (Lipinski definition) is 6. The molecular weight excluding hydrogens is 604 g/mol. The number of nitrogens with one attached hydrogen (secondary N) is 5. The van der Waals surface area contributed by atoms with Gasteiger partial charge in [0, 0.05) is 31.5 Å². The number of nitrogens with two attached hydrogens (primary N) is 1. The molecule has 13 nitrogen and oxygen atoms in total. The molecule has 47 heavy (non-hydrogen) atoms. The summed E-state index contributed by atoms with van der Waals surface area (Å²) in [6.45, 7) is 3.92. The third kappa shape index (κ3) is 12.8. The van der Waals surface area contributed by atoms with Crippen LogP contribution < -0.4 is 32.3 Å². The van der Waals surface area contributed by atoms with Crippen LogP contribution in [0.25, 0.3) is 0 Å². The number of primary amides is 1. The van der Waals surface area contributed by atoms with E-state index < -0.39 is 23.9 Å². The van der Waals surface area contributed by atoms with E-state index in [1.54, 1.807) is 36.6 Å². The van der Waals surface area contributed by atoms with Gasteiger partial charge < -0.3 is 36.7 Å². The first kappa shape index (κ1) is 36.5. The van der Waals surface area contributed by atoms with E-state index in [-0.39, 0.29) is 42.6 Å². The van der Waals surface area contributed by atoms with Gasteiger partial charge in [0.05, 0.1) is 12.7 Å². The molecule has 0 saturated heterocycles. The van der Waals surface area contributed by atoms with Gasteiger partial charge in [-0.05, 0) is 80.7 Å². The summed E-state index contributed by atoms with van der Waals surface area (Å²) in [5.41, 5.74) is 6.90. The molecule has 1 aliphatic rings. The zero-order chi connectivity index (χ0) is 34.0. The lowest BCUT2D eigenvalue weighted by atomic mass is 9.85. The largest absolute Gasteiger partial charge is 0.469 e. The van der Waals surface area contributed by atoms with E-state index in [0.29, 0.717) is 87.6 Å². The van der Waals surface area contributed by atoms with Gasteiger partial charge in [-0.25, -0.2) is 0 Å². The summed E-state index contributed by atoms with van der Waals surface area (Å²) < 4.78 is 5.42.